The molecule has 4 nitrogen and oxygen atoms in total. The van der Waals surface area contributed by atoms with Gasteiger partial charge in [-0.3, -0.25) is 0 Å². The number of methoxy groups -OCH3 is 3. The van der Waals surface area contributed by atoms with Crippen molar-refractivity contribution in [1.82, 2.24) is 0 Å². The van der Waals surface area contributed by atoms with Gasteiger partial charge in [-0.2, -0.15) is 0 Å². The van der Waals surface area contributed by atoms with Gasteiger partial charge in [-0.1, -0.05) is 12.1 Å². The molecule has 2 rings (SSSR count). The number of hydrogen-bond acceptors (Lipinski definition) is 5. The van der Waals surface area contributed by atoms with Gasteiger partial charge >= 0.3 is 0 Å². The Bertz CT molecular complexity index is 479. The van der Waals surface area contributed by atoms with Crippen LogP contribution in [-0.4, -0.2) is 37.8 Å². The van der Waals surface area contributed by atoms with Crippen LogP contribution >= 0.6 is 11.8 Å². The zero-order valence-electron chi connectivity index (χ0n) is 12.0. The topological polar surface area (TPSA) is 47.9 Å². The van der Waals surface area contributed by atoms with E-state index in [9.17, 15) is 5.11 Å². The summed E-state index contributed by atoms with van der Waals surface area (Å²) in [5.74, 6) is 1.27. The van der Waals surface area contributed by atoms with Gasteiger partial charge in [0.25, 0.3) is 0 Å². The van der Waals surface area contributed by atoms with Crippen LogP contribution in [0.2, 0.25) is 0 Å². The minimum atomic E-state index is -0.637. The molecule has 0 fully saturated rings. The van der Waals surface area contributed by atoms with Crippen LogP contribution < -0.4 is 9.47 Å². The lowest BCUT2D eigenvalue weighted by Gasteiger charge is -2.33. The van der Waals surface area contributed by atoms with Gasteiger partial charge < -0.3 is 19.3 Å². The van der Waals surface area contributed by atoms with Crippen LogP contribution in [0.15, 0.2) is 29.7 Å². The smallest absolute Gasteiger partial charge is 0.161 e. The van der Waals surface area contributed by atoms with Gasteiger partial charge in [-0.25, -0.2) is 0 Å². The van der Waals surface area contributed by atoms with Gasteiger partial charge in [-0.15, -0.1) is 11.8 Å². The van der Waals surface area contributed by atoms with Crippen molar-refractivity contribution in [3.05, 3.63) is 35.2 Å². The molecule has 2 unspecified atom stereocenters. The average molecular weight is 296 g/mol. The van der Waals surface area contributed by atoms with E-state index in [2.05, 4.69) is 6.08 Å². The Morgan fingerprint density at radius 3 is 2.55 bits per heavy atom. The fraction of sp³-hybridized carbons (Fsp3) is 0.467. The quantitative estimate of drug-likeness (QED) is 0.874. The maximum absolute atomic E-state index is 10.7. The Kier molecular flexibility index (Phi) is 4.96. The molecule has 0 bridgehead atoms. The predicted molar refractivity (Wildman–Crippen MR) is 80.5 cm³/mol. The molecule has 0 spiro atoms. The van der Waals surface area contributed by atoms with E-state index < -0.39 is 6.10 Å². The third-order valence-corrected chi connectivity index (χ3v) is 4.78. The molecule has 1 aliphatic rings. The molecule has 1 heterocycles. The highest BCUT2D eigenvalue weighted by atomic mass is 32.2. The maximum atomic E-state index is 10.7. The maximum Gasteiger partial charge on any atom is 0.161 e. The summed E-state index contributed by atoms with van der Waals surface area (Å²) in [4.78, 5) is 0. The fourth-order valence-corrected chi connectivity index (χ4v) is 3.51. The van der Waals surface area contributed by atoms with E-state index in [4.69, 9.17) is 14.2 Å². The van der Waals surface area contributed by atoms with Crippen molar-refractivity contribution >= 4 is 11.8 Å². The van der Waals surface area contributed by atoms with Crippen molar-refractivity contribution in [1.29, 1.82) is 0 Å². The zero-order chi connectivity index (χ0) is 14.6. The number of rotatable bonds is 6. The molecule has 110 valence electrons. The summed E-state index contributed by atoms with van der Waals surface area (Å²) in [6, 6.07) is 5.49. The van der Waals surface area contributed by atoms with Crippen LogP contribution in [0.3, 0.4) is 0 Å². The zero-order valence-corrected chi connectivity index (χ0v) is 12.8. The predicted octanol–water partition coefficient (Wildman–Crippen LogP) is 2.77. The van der Waals surface area contributed by atoms with Gasteiger partial charge in [-0.05, 0) is 29.5 Å². The van der Waals surface area contributed by atoms with Gasteiger partial charge in [0.05, 0.1) is 31.7 Å². The first-order chi connectivity index (χ1) is 9.66. The average Bonchev–Trinajstić information content (AvgIpc) is 2.96. The number of ether oxygens (including phenoxy) is 3. The first-order valence-corrected chi connectivity index (χ1v) is 7.26. The first-order valence-electron chi connectivity index (χ1n) is 6.38. The van der Waals surface area contributed by atoms with E-state index in [0.717, 1.165) is 12.0 Å². The lowest BCUT2D eigenvalue weighted by molar-refractivity contribution is 0.0706. The van der Waals surface area contributed by atoms with Crippen LogP contribution in [0, 0.1) is 0 Å². The second-order valence-corrected chi connectivity index (χ2v) is 6.03. The molecule has 20 heavy (non-hydrogen) atoms. The van der Waals surface area contributed by atoms with Crippen LogP contribution in [0.1, 0.15) is 18.1 Å². The molecule has 0 aromatic heterocycles. The SMILES string of the molecule is COCC1(C(O)c2ccc(OC)c(OC)c2)CC=CS1. The summed E-state index contributed by atoms with van der Waals surface area (Å²) < 4.78 is 15.4. The third kappa shape index (κ3) is 2.80. The van der Waals surface area contributed by atoms with Crippen molar-refractivity contribution in [3.63, 3.8) is 0 Å². The summed E-state index contributed by atoms with van der Waals surface area (Å²) in [7, 11) is 4.84. The highest BCUT2D eigenvalue weighted by molar-refractivity contribution is 8.03. The molecule has 1 N–H and O–H groups in total. The molecule has 1 aliphatic heterocycles. The summed E-state index contributed by atoms with van der Waals surface area (Å²) in [5, 5.41) is 12.8. The fourth-order valence-electron chi connectivity index (χ4n) is 2.40. The number of aliphatic hydroxyl groups excluding tert-OH is 1. The van der Waals surface area contributed by atoms with Crippen LogP contribution in [-0.2, 0) is 4.74 Å². The molecule has 0 radical (unpaired) electrons. The van der Waals surface area contributed by atoms with E-state index in [1.54, 1.807) is 33.1 Å². The Morgan fingerprint density at radius 2 is 2.00 bits per heavy atom. The molecule has 5 heteroatoms. The standard InChI is InChI=1S/C15H20O4S/c1-17-10-15(7-4-8-20-15)14(16)11-5-6-12(18-2)13(9-11)19-3/h4-6,8-9,14,16H,7,10H2,1-3H3. The number of thioether (sulfide) groups is 1. The highest BCUT2D eigenvalue weighted by Crippen LogP contribution is 2.47. The second-order valence-electron chi connectivity index (χ2n) is 4.71. The van der Waals surface area contributed by atoms with Crippen molar-refractivity contribution in [2.75, 3.05) is 27.9 Å². The molecular formula is C15H20O4S. The molecule has 0 saturated carbocycles. The van der Waals surface area contributed by atoms with E-state index in [1.165, 1.54) is 0 Å². The second kappa shape index (κ2) is 6.52. The molecule has 2 atom stereocenters. The number of benzene rings is 1. The van der Waals surface area contributed by atoms with Crippen LogP contribution in [0.25, 0.3) is 0 Å². The first kappa shape index (κ1) is 15.2. The molecule has 1 aromatic carbocycles. The summed E-state index contributed by atoms with van der Waals surface area (Å²) in [6.45, 7) is 0.486. The number of aliphatic hydroxyl groups is 1. The largest absolute Gasteiger partial charge is 0.493 e. The molecule has 0 aliphatic carbocycles. The summed E-state index contributed by atoms with van der Waals surface area (Å²) in [5.41, 5.74) is 0.802. The highest BCUT2D eigenvalue weighted by Gasteiger charge is 2.40. The van der Waals surface area contributed by atoms with E-state index >= 15 is 0 Å². The lowest BCUT2D eigenvalue weighted by atomic mass is 9.92. The lowest BCUT2D eigenvalue weighted by Crippen LogP contribution is -2.35. The number of hydrogen-bond donors (Lipinski definition) is 1. The van der Waals surface area contributed by atoms with Gasteiger partial charge in [0, 0.05) is 7.11 Å². The van der Waals surface area contributed by atoms with E-state index in [-0.39, 0.29) is 4.75 Å². The molecule has 0 amide bonds. The minimum absolute atomic E-state index is 0.367. The van der Waals surface area contributed by atoms with Crippen molar-refractivity contribution in [2.45, 2.75) is 17.3 Å². The van der Waals surface area contributed by atoms with Crippen molar-refractivity contribution in [3.8, 4) is 11.5 Å². The summed E-state index contributed by atoms with van der Waals surface area (Å²) >= 11 is 1.61. The van der Waals surface area contributed by atoms with E-state index in [1.807, 2.05) is 23.6 Å². The third-order valence-electron chi connectivity index (χ3n) is 3.47. The van der Waals surface area contributed by atoms with Gasteiger partial charge in [0.15, 0.2) is 11.5 Å². The minimum Gasteiger partial charge on any atom is -0.493 e. The normalized spacial score (nSPS) is 22.8. The summed E-state index contributed by atoms with van der Waals surface area (Å²) in [6.07, 6.45) is 2.21. The van der Waals surface area contributed by atoms with Crippen LogP contribution in [0.5, 0.6) is 11.5 Å². The number of allylic oxidation sites excluding steroid dienone is 1. The van der Waals surface area contributed by atoms with Crippen LogP contribution in [0.4, 0.5) is 0 Å². The van der Waals surface area contributed by atoms with Gasteiger partial charge in [0.1, 0.15) is 0 Å². The Labute approximate surface area is 123 Å². The molecule has 1 aromatic rings. The molecular weight excluding hydrogens is 276 g/mol. The Hall–Kier alpha value is -1.17. The monoisotopic (exact) mass is 296 g/mol. The Morgan fingerprint density at radius 1 is 1.25 bits per heavy atom. The van der Waals surface area contributed by atoms with Crippen molar-refractivity contribution in [2.24, 2.45) is 0 Å². The molecule has 0 saturated heterocycles. The van der Waals surface area contributed by atoms with E-state index in [0.29, 0.717) is 18.1 Å². The Balaban J connectivity index is 2.29. The van der Waals surface area contributed by atoms with Gasteiger partial charge in [0.2, 0.25) is 0 Å². The van der Waals surface area contributed by atoms with Crippen molar-refractivity contribution < 1.29 is 19.3 Å².